The van der Waals surface area contributed by atoms with Crippen molar-refractivity contribution in [3.63, 3.8) is 0 Å². The molecule has 0 unspecified atom stereocenters. The molecule has 100 valence electrons. The largest absolute Gasteiger partial charge is 0.381 e. The van der Waals surface area contributed by atoms with Crippen LogP contribution in [0, 0.1) is 11.3 Å². The normalized spacial score (nSPS) is 17.7. The second kappa shape index (κ2) is 6.35. The van der Waals surface area contributed by atoms with E-state index in [-0.39, 0.29) is 0 Å². The predicted octanol–water partition coefficient (Wildman–Crippen LogP) is 2.88. The van der Waals surface area contributed by atoms with Gasteiger partial charge in [0.2, 0.25) is 0 Å². The van der Waals surface area contributed by atoms with E-state index in [1.54, 1.807) is 0 Å². The first-order chi connectivity index (χ1) is 8.70. The number of hydrogen-bond donors (Lipinski definition) is 1. The van der Waals surface area contributed by atoms with Crippen molar-refractivity contribution >= 4 is 0 Å². The molecule has 0 saturated carbocycles. The van der Waals surface area contributed by atoms with Gasteiger partial charge in [-0.25, -0.2) is 0 Å². The Balaban J connectivity index is 1.79. The summed E-state index contributed by atoms with van der Waals surface area (Å²) in [5, 5.41) is 3.42. The maximum absolute atomic E-state index is 5.74. The molecule has 1 aliphatic heterocycles. The van der Waals surface area contributed by atoms with Crippen molar-refractivity contribution in [3.05, 3.63) is 35.9 Å². The molecule has 1 N–H and O–H groups in total. The Labute approximate surface area is 111 Å². The molecule has 0 bridgehead atoms. The summed E-state index contributed by atoms with van der Waals surface area (Å²) in [5.41, 5.74) is 1.88. The molecule has 2 rings (SSSR count). The summed E-state index contributed by atoms with van der Waals surface area (Å²) < 4.78 is 5.74. The molecule has 1 aromatic carbocycles. The van der Waals surface area contributed by atoms with Crippen LogP contribution in [0.4, 0.5) is 0 Å². The average Bonchev–Trinajstić information content (AvgIpc) is 2.32. The zero-order chi connectivity index (χ0) is 12.8. The third kappa shape index (κ3) is 3.82. The minimum absolute atomic E-state index is 0.429. The average molecular weight is 247 g/mol. The summed E-state index contributed by atoms with van der Waals surface area (Å²) in [7, 11) is 0. The molecule has 1 aromatic rings. The molecule has 2 heteroatoms. The van der Waals surface area contributed by atoms with Crippen LogP contribution in [0.3, 0.4) is 0 Å². The Kier molecular flexibility index (Phi) is 4.79. The Morgan fingerprint density at radius 1 is 1.22 bits per heavy atom. The van der Waals surface area contributed by atoms with E-state index in [0.717, 1.165) is 26.3 Å². The van der Waals surface area contributed by atoms with Crippen molar-refractivity contribution in [1.82, 2.24) is 5.32 Å². The number of rotatable bonds is 7. The Morgan fingerprint density at radius 3 is 2.50 bits per heavy atom. The molecule has 18 heavy (non-hydrogen) atoms. The predicted molar refractivity (Wildman–Crippen MR) is 75.7 cm³/mol. The number of hydrogen-bond acceptors (Lipinski definition) is 2. The van der Waals surface area contributed by atoms with Gasteiger partial charge >= 0.3 is 0 Å². The third-order valence-electron chi connectivity index (χ3n) is 3.65. The van der Waals surface area contributed by atoms with Crippen LogP contribution < -0.4 is 5.32 Å². The molecule has 1 saturated heterocycles. The van der Waals surface area contributed by atoms with Gasteiger partial charge in [0, 0.05) is 31.7 Å². The van der Waals surface area contributed by atoms with E-state index >= 15 is 0 Å². The van der Waals surface area contributed by atoms with Gasteiger partial charge in [-0.1, -0.05) is 44.2 Å². The fourth-order valence-electron chi connectivity index (χ4n) is 2.51. The van der Waals surface area contributed by atoms with Crippen molar-refractivity contribution in [2.45, 2.75) is 26.7 Å². The first-order valence-electron chi connectivity index (χ1n) is 7.03. The van der Waals surface area contributed by atoms with Crippen molar-refractivity contribution in [2.24, 2.45) is 11.3 Å². The summed E-state index contributed by atoms with van der Waals surface area (Å²) in [5.74, 6) is 0.634. The van der Waals surface area contributed by atoms with Gasteiger partial charge in [0.05, 0.1) is 0 Å². The van der Waals surface area contributed by atoms with E-state index in [9.17, 15) is 0 Å². The van der Waals surface area contributed by atoms with Crippen LogP contribution in [0.1, 0.15) is 25.8 Å². The highest BCUT2D eigenvalue weighted by molar-refractivity contribution is 5.18. The molecule has 0 radical (unpaired) electrons. The van der Waals surface area contributed by atoms with Gasteiger partial charge in [-0.2, -0.15) is 0 Å². The SMILES string of the molecule is CC(C)COCCC1(Cc2ccccc2)CNC1. The van der Waals surface area contributed by atoms with E-state index < -0.39 is 0 Å². The minimum atomic E-state index is 0.429. The molecular formula is C16H25NO. The minimum Gasteiger partial charge on any atom is -0.381 e. The Bertz CT molecular complexity index is 343. The van der Waals surface area contributed by atoms with Crippen LogP contribution in [0.25, 0.3) is 0 Å². The van der Waals surface area contributed by atoms with Gasteiger partial charge in [-0.05, 0) is 24.3 Å². The monoisotopic (exact) mass is 247 g/mol. The standard InChI is InChI=1S/C16H25NO/c1-14(2)11-18-9-8-16(12-17-13-16)10-15-6-4-3-5-7-15/h3-7,14,17H,8-13H2,1-2H3. The van der Waals surface area contributed by atoms with Crippen LogP contribution in [-0.4, -0.2) is 26.3 Å². The highest BCUT2D eigenvalue weighted by atomic mass is 16.5. The Morgan fingerprint density at radius 2 is 1.94 bits per heavy atom. The van der Waals surface area contributed by atoms with Crippen LogP contribution in [-0.2, 0) is 11.2 Å². The van der Waals surface area contributed by atoms with E-state index in [1.807, 2.05) is 0 Å². The van der Waals surface area contributed by atoms with Gasteiger partial charge in [0.1, 0.15) is 0 Å². The fraction of sp³-hybridized carbons (Fsp3) is 0.625. The zero-order valence-corrected chi connectivity index (χ0v) is 11.6. The van der Waals surface area contributed by atoms with Crippen molar-refractivity contribution in [2.75, 3.05) is 26.3 Å². The first-order valence-corrected chi connectivity index (χ1v) is 7.03. The molecule has 0 aliphatic carbocycles. The van der Waals surface area contributed by atoms with Crippen molar-refractivity contribution in [1.29, 1.82) is 0 Å². The van der Waals surface area contributed by atoms with Gasteiger partial charge in [-0.15, -0.1) is 0 Å². The number of ether oxygens (including phenoxy) is 1. The second-order valence-corrected chi connectivity index (χ2v) is 5.98. The lowest BCUT2D eigenvalue weighted by Crippen LogP contribution is -2.55. The quantitative estimate of drug-likeness (QED) is 0.748. The molecule has 0 aromatic heterocycles. The Hall–Kier alpha value is -0.860. The zero-order valence-electron chi connectivity index (χ0n) is 11.6. The molecule has 2 nitrogen and oxygen atoms in total. The van der Waals surface area contributed by atoms with E-state index in [2.05, 4.69) is 49.5 Å². The lowest BCUT2D eigenvalue weighted by Gasteiger charge is -2.43. The van der Waals surface area contributed by atoms with Crippen LogP contribution in [0.5, 0.6) is 0 Å². The molecule has 0 amide bonds. The van der Waals surface area contributed by atoms with Gasteiger partial charge in [0.25, 0.3) is 0 Å². The van der Waals surface area contributed by atoms with E-state index in [4.69, 9.17) is 4.74 Å². The smallest absolute Gasteiger partial charge is 0.0488 e. The van der Waals surface area contributed by atoms with Gasteiger partial charge in [0.15, 0.2) is 0 Å². The van der Waals surface area contributed by atoms with E-state index in [0.29, 0.717) is 11.3 Å². The summed E-state index contributed by atoms with van der Waals surface area (Å²) in [6.45, 7) is 8.44. The van der Waals surface area contributed by atoms with Crippen LogP contribution in [0.15, 0.2) is 30.3 Å². The van der Waals surface area contributed by atoms with Crippen molar-refractivity contribution in [3.8, 4) is 0 Å². The molecule has 0 spiro atoms. The van der Waals surface area contributed by atoms with E-state index in [1.165, 1.54) is 18.4 Å². The van der Waals surface area contributed by atoms with Gasteiger partial charge in [-0.3, -0.25) is 0 Å². The first kappa shape index (κ1) is 13.6. The summed E-state index contributed by atoms with van der Waals surface area (Å²) in [6.07, 6.45) is 2.34. The maximum Gasteiger partial charge on any atom is 0.0488 e. The molecular weight excluding hydrogens is 222 g/mol. The lowest BCUT2D eigenvalue weighted by atomic mass is 9.74. The highest BCUT2D eigenvalue weighted by Crippen LogP contribution is 2.31. The summed E-state index contributed by atoms with van der Waals surface area (Å²) in [6, 6.07) is 10.8. The topological polar surface area (TPSA) is 21.3 Å². The van der Waals surface area contributed by atoms with Crippen molar-refractivity contribution < 1.29 is 4.74 Å². The molecule has 1 fully saturated rings. The highest BCUT2D eigenvalue weighted by Gasteiger charge is 2.36. The van der Waals surface area contributed by atoms with Gasteiger partial charge < -0.3 is 10.1 Å². The maximum atomic E-state index is 5.74. The summed E-state index contributed by atoms with van der Waals surface area (Å²) >= 11 is 0. The van der Waals surface area contributed by atoms with Crippen LogP contribution in [0.2, 0.25) is 0 Å². The molecule has 0 atom stereocenters. The second-order valence-electron chi connectivity index (χ2n) is 5.98. The molecule has 1 heterocycles. The lowest BCUT2D eigenvalue weighted by molar-refractivity contribution is 0.0538. The number of nitrogens with one attached hydrogen (secondary N) is 1. The molecule has 1 aliphatic rings. The number of benzene rings is 1. The summed E-state index contributed by atoms with van der Waals surface area (Å²) in [4.78, 5) is 0. The third-order valence-corrected chi connectivity index (χ3v) is 3.65. The van der Waals surface area contributed by atoms with Crippen LogP contribution >= 0.6 is 0 Å². The fourth-order valence-corrected chi connectivity index (χ4v) is 2.51.